The lowest BCUT2D eigenvalue weighted by Crippen LogP contribution is -2.49. The smallest absolute Gasteiger partial charge is 0.255 e. The number of nitrogens with two attached hydrogens (primary N) is 1. The lowest BCUT2D eigenvalue weighted by molar-refractivity contribution is -0.129. The van der Waals surface area contributed by atoms with Gasteiger partial charge in [0.25, 0.3) is 5.91 Å². The number of hydrogen-bond donors (Lipinski definition) is 3. The van der Waals surface area contributed by atoms with Crippen molar-refractivity contribution in [2.45, 2.75) is 39.2 Å². The molecule has 0 aliphatic carbocycles. The van der Waals surface area contributed by atoms with Crippen LogP contribution in [0, 0.1) is 0 Å². The van der Waals surface area contributed by atoms with E-state index in [0.29, 0.717) is 12.8 Å². The second-order valence-corrected chi connectivity index (χ2v) is 2.79. The van der Waals surface area contributed by atoms with Crippen molar-refractivity contribution in [1.82, 2.24) is 10.9 Å². The van der Waals surface area contributed by atoms with Crippen LogP contribution in [0.3, 0.4) is 0 Å². The Hall–Kier alpha value is -1.10. The zero-order valence-electron chi connectivity index (χ0n) is 8.09. The maximum atomic E-state index is 11.1. The number of nitrogens with one attached hydrogen (secondary N) is 2. The first-order chi connectivity index (χ1) is 6.11. The lowest BCUT2D eigenvalue weighted by atomic mass is 10.2. The standard InChI is InChI=1S/C8H17N3O2/c1-3-5-6(9)8(13)11-10-7(12)4-2/h6H,3-5,9H2,1-2H3,(H,10,12)(H,11,13)/t6-/m0/s1. The fourth-order valence-electron chi connectivity index (χ4n) is 0.754. The van der Waals surface area contributed by atoms with Crippen molar-refractivity contribution in [3.05, 3.63) is 0 Å². The number of carbonyl (C=O) groups excluding carboxylic acids is 2. The van der Waals surface area contributed by atoms with Gasteiger partial charge < -0.3 is 5.73 Å². The van der Waals surface area contributed by atoms with Crippen molar-refractivity contribution in [3.63, 3.8) is 0 Å². The third-order valence-electron chi connectivity index (χ3n) is 1.58. The van der Waals surface area contributed by atoms with Crippen LogP contribution in [-0.2, 0) is 9.59 Å². The first kappa shape index (κ1) is 11.9. The van der Waals surface area contributed by atoms with E-state index in [1.54, 1.807) is 6.92 Å². The third-order valence-corrected chi connectivity index (χ3v) is 1.58. The molecule has 0 fully saturated rings. The molecule has 0 aliphatic heterocycles. The average Bonchev–Trinajstić information content (AvgIpc) is 2.13. The van der Waals surface area contributed by atoms with Gasteiger partial charge in [0, 0.05) is 6.42 Å². The van der Waals surface area contributed by atoms with E-state index in [1.165, 1.54) is 0 Å². The molecule has 0 saturated carbocycles. The molecule has 0 bridgehead atoms. The molecule has 0 radical (unpaired) electrons. The monoisotopic (exact) mass is 187 g/mol. The Bertz CT molecular complexity index is 182. The van der Waals surface area contributed by atoms with Gasteiger partial charge in [0.05, 0.1) is 6.04 Å². The van der Waals surface area contributed by atoms with E-state index >= 15 is 0 Å². The predicted molar refractivity (Wildman–Crippen MR) is 49.5 cm³/mol. The molecular formula is C8H17N3O2. The van der Waals surface area contributed by atoms with Gasteiger partial charge in [-0.05, 0) is 6.42 Å². The minimum Gasteiger partial charge on any atom is -0.320 e. The highest BCUT2D eigenvalue weighted by Gasteiger charge is 2.11. The number of hydrazine groups is 1. The van der Waals surface area contributed by atoms with Crippen LogP contribution in [-0.4, -0.2) is 17.9 Å². The van der Waals surface area contributed by atoms with E-state index in [1.807, 2.05) is 6.92 Å². The fraction of sp³-hybridized carbons (Fsp3) is 0.750. The Kier molecular flexibility index (Phi) is 5.88. The van der Waals surface area contributed by atoms with Crippen LogP contribution in [0.2, 0.25) is 0 Å². The molecule has 2 amide bonds. The van der Waals surface area contributed by atoms with Crippen LogP contribution in [0.1, 0.15) is 33.1 Å². The van der Waals surface area contributed by atoms with Crippen LogP contribution in [0.25, 0.3) is 0 Å². The summed E-state index contributed by atoms with van der Waals surface area (Å²) in [5, 5.41) is 0. The summed E-state index contributed by atoms with van der Waals surface area (Å²) in [6.45, 7) is 3.64. The van der Waals surface area contributed by atoms with Crippen LogP contribution in [0.5, 0.6) is 0 Å². The second kappa shape index (κ2) is 6.42. The molecule has 0 unspecified atom stereocenters. The van der Waals surface area contributed by atoms with Gasteiger partial charge in [-0.1, -0.05) is 20.3 Å². The average molecular weight is 187 g/mol. The van der Waals surface area contributed by atoms with Gasteiger partial charge in [-0.25, -0.2) is 0 Å². The molecule has 4 N–H and O–H groups in total. The van der Waals surface area contributed by atoms with Crippen LogP contribution < -0.4 is 16.6 Å². The maximum Gasteiger partial charge on any atom is 0.255 e. The van der Waals surface area contributed by atoms with Crippen molar-refractivity contribution >= 4 is 11.8 Å². The molecule has 13 heavy (non-hydrogen) atoms. The molecule has 0 aliphatic rings. The normalized spacial score (nSPS) is 11.9. The van der Waals surface area contributed by atoms with E-state index in [4.69, 9.17) is 5.73 Å². The molecule has 0 aromatic heterocycles. The van der Waals surface area contributed by atoms with Gasteiger partial charge in [-0.15, -0.1) is 0 Å². The lowest BCUT2D eigenvalue weighted by Gasteiger charge is -2.11. The molecule has 0 rings (SSSR count). The van der Waals surface area contributed by atoms with Crippen molar-refractivity contribution in [2.24, 2.45) is 5.73 Å². The fourth-order valence-corrected chi connectivity index (χ4v) is 0.754. The summed E-state index contributed by atoms with van der Waals surface area (Å²) in [5.74, 6) is -0.569. The highest BCUT2D eigenvalue weighted by molar-refractivity contribution is 5.84. The molecule has 76 valence electrons. The summed E-state index contributed by atoms with van der Waals surface area (Å²) >= 11 is 0. The van der Waals surface area contributed by atoms with E-state index in [-0.39, 0.29) is 11.8 Å². The number of carbonyl (C=O) groups is 2. The zero-order chi connectivity index (χ0) is 10.3. The summed E-state index contributed by atoms with van der Waals surface area (Å²) in [7, 11) is 0. The molecule has 0 spiro atoms. The van der Waals surface area contributed by atoms with Gasteiger partial charge in [0.1, 0.15) is 0 Å². The van der Waals surface area contributed by atoms with Crippen molar-refractivity contribution < 1.29 is 9.59 Å². The molecular weight excluding hydrogens is 170 g/mol. The molecule has 0 aromatic rings. The van der Waals surface area contributed by atoms with Crippen molar-refractivity contribution in [3.8, 4) is 0 Å². The maximum absolute atomic E-state index is 11.1. The molecule has 5 heteroatoms. The number of rotatable bonds is 4. The van der Waals surface area contributed by atoms with E-state index in [2.05, 4.69) is 10.9 Å². The minimum atomic E-state index is -0.540. The van der Waals surface area contributed by atoms with Crippen molar-refractivity contribution in [2.75, 3.05) is 0 Å². The van der Waals surface area contributed by atoms with Gasteiger partial charge in [0.2, 0.25) is 5.91 Å². The van der Waals surface area contributed by atoms with Crippen LogP contribution >= 0.6 is 0 Å². The first-order valence-electron chi connectivity index (χ1n) is 4.46. The molecule has 5 nitrogen and oxygen atoms in total. The van der Waals surface area contributed by atoms with E-state index in [0.717, 1.165) is 6.42 Å². The van der Waals surface area contributed by atoms with Gasteiger partial charge >= 0.3 is 0 Å². The Morgan fingerprint density at radius 3 is 2.38 bits per heavy atom. The van der Waals surface area contributed by atoms with Gasteiger partial charge in [0.15, 0.2) is 0 Å². The molecule has 0 heterocycles. The quantitative estimate of drug-likeness (QED) is 0.527. The minimum absolute atomic E-state index is 0.225. The summed E-state index contributed by atoms with van der Waals surface area (Å²) in [5.41, 5.74) is 10.00. The zero-order valence-corrected chi connectivity index (χ0v) is 8.09. The topological polar surface area (TPSA) is 84.2 Å². The Morgan fingerprint density at radius 1 is 1.31 bits per heavy atom. The SMILES string of the molecule is CCC[C@H](N)C(=O)NNC(=O)CC. The Labute approximate surface area is 78.0 Å². The van der Waals surface area contributed by atoms with E-state index in [9.17, 15) is 9.59 Å². The van der Waals surface area contributed by atoms with Crippen LogP contribution in [0.4, 0.5) is 0 Å². The highest BCUT2D eigenvalue weighted by Crippen LogP contribution is 1.91. The number of hydrogen-bond acceptors (Lipinski definition) is 3. The summed E-state index contributed by atoms with van der Waals surface area (Å²) < 4.78 is 0. The highest BCUT2D eigenvalue weighted by atomic mass is 16.2. The number of amides is 2. The summed E-state index contributed by atoms with van der Waals surface area (Å²) in [4.78, 5) is 21.8. The molecule has 0 aromatic carbocycles. The third kappa shape index (κ3) is 5.19. The molecule has 0 saturated heterocycles. The molecule has 1 atom stereocenters. The van der Waals surface area contributed by atoms with Crippen LogP contribution in [0.15, 0.2) is 0 Å². The Balaban J connectivity index is 3.67. The van der Waals surface area contributed by atoms with Gasteiger partial charge in [-0.2, -0.15) is 0 Å². The first-order valence-corrected chi connectivity index (χ1v) is 4.46. The largest absolute Gasteiger partial charge is 0.320 e. The van der Waals surface area contributed by atoms with Crippen molar-refractivity contribution in [1.29, 1.82) is 0 Å². The summed E-state index contributed by atoms with van der Waals surface area (Å²) in [6, 6.07) is -0.540. The van der Waals surface area contributed by atoms with Gasteiger partial charge in [-0.3, -0.25) is 20.4 Å². The Morgan fingerprint density at radius 2 is 1.92 bits per heavy atom. The second-order valence-electron chi connectivity index (χ2n) is 2.79. The predicted octanol–water partition coefficient (Wildman–Crippen LogP) is -0.329. The van der Waals surface area contributed by atoms with E-state index < -0.39 is 6.04 Å². The summed E-state index contributed by atoms with van der Waals surface area (Å²) in [6.07, 6.45) is 1.80.